The summed E-state index contributed by atoms with van der Waals surface area (Å²) in [7, 11) is 0. The molecule has 0 radical (unpaired) electrons. The summed E-state index contributed by atoms with van der Waals surface area (Å²) in [5.74, 6) is 0.778. The minimum atomic E-state index is -0.183. The van der Waals surface area contributed by atoms with Crippen molar-refractivity contribution in [2.75, 3.05) is 18.4 Å². The van der Waals surface area contributed by atoms with Gasteiger partial charge in [0.15, 0.2) is 5.96 Å². The van der Waals surface area contributed by atoms with Gasteiger partial charge in [-0.2, -0.15) is 0 Å². The van der Waals surface area contributed by atoms with Gasteiger partial charge in [0.2, 0.25) is 5.91 Å². The summed E-state index contributed by atoms with van der Waals surface area (Å²) in [6.07, 6.45) is 3.70. The van der Waals surface area contributed by atoms with Crippen LogP contribution in [-0.4, -0.2) is 25.0 Å². The average Bonchev–Trinajstić information content (AvgIpc) is 2.66. The summed E-state index contributed by atoms with van der Waals surface area (Å²) in [4.78, 5) is 16.7. The van der Waals surface area contributed by atoms with E-state index >= 15 is 0 Å². The van der Waals surface area contributed by atoms with Gasteiger partial charge < -0.3 is 16.0 Å². The molecule has 0 spiro atoms. The van der Waals surface area contributed by atoms with Crippen LogP contribution in [0.3, 0.4) is 0 Å². The van der Waals surface area contributed by atoms with E-state index in [1.807, 2.05) is 37.3 Å². The molecule has 1 aliphatic carbocycles. The molecule has 7 heteroatoms. The van der Waals surface area contributed by atoms with E-state index < -0.39 is 0 Å². The Kier molecular flexibility index (Phi) is 10.1. The van der Waals surface area contributed by atoms with E-state index in [1.165, 1.54) is 6.07 Å². The molecule has 0 bridgehead atoms. The van der Waals surface area contributed by atoms with Crippen LogP contribution in [0.25, 0.3) is 0 Å². The highest BCUT2D eigenvalue weighted by molar-refractivity contribution is 14.0. The minimum Gasteiger partial charge on any atom is -0.357 e. The number of amides is 1. The molecule has 0 aromatic heterocycles. The lowest BCUT2D eigenvalue weighted by Gasteiger charge is -2.24. The number of rotatable bonds is 8. The summed E-state index contributed by atoms with van der Waals surface area (Å²) in [6.45, 7) is 3.82. The molecule has 2 aromatic rings. The number of guanidine groups is 1. The molecule has 1 aliphatic rings. The van der Waals surface area contributed by atoms with E-state index in [0.717, 1.165) is 37.1 Å². The van der Waals surface area contributed by atoms with Crippen LogP contribution in [0.4, 0.5) is 10.1 Å². The molecule has 0 saturated heterocycles. The van der Waals surface area contributed by atoms with Gasteiger partial charge in [-0.15, -0.1) is 24.0 Å². The van der Waals surface area contributed by atoms with Crippen LogP contribution in [0.15, 0.2) is 53.5 Å². The maximum Gasteiger partial charge on any atom is 0.227 e. The number of nitrogens with one attached hydrogen (secondary N) is 3. The number of carbonyl (C=O) groups excluding carboxylic acids is 1. The molecule has 0 aliphatic heterocycles. The molecule has 0 heterocycles. The molecule has 1 amide bonds. The Morgan fingerprint density at radius 1 is 1.13 bits per heavy atom. The zero-order chi connectivity index (χ0) is 20.5. The van der Waals surface area contributed by atoms with Gasteiger partial charge in [0, 0.05) is 24.7 Å². The predicted octanol–water partition coefficient (Wildman–Crippen LogP) is 4.48. The van der Waals surface area contributed by atoms with E-state index in [-0.39, 0.29) is 41.6 Å². The first-order valence-electron chi connectivity index (χ1n) is 10.3. The van der Waals surface area contributed by atoms with Gasteiger partial charge in [0.25, 0.3) is 0 Å². The lowest BCUT2D eigenvalue weighted by molar-refractivity contribution is -0.122. The van der Waals surface area contributed by atoms with E-state index in [9.17, 15) is 9.18 Å². The average molecular weight is 524 g/mol. The van der Waals surface area contributed by atoms with Gasteiger partial charge in [0.1, 0.15) is 5.82 Å². The van der Waals surface area contributed by atoms with Gasteiger partial charge in [-0.05, 0) is 55.5 Å². The molecule has 5 nitrogen and oxygen atoms in total. The molecular weight excluding hydrogens is 494 g/mol. The summed E-state index contributed by atoms with van der Waals surface area (Å²) in [6, 6.07) is 14.6. The molecule has 0 unspecified atom stereocenters. The Morgan fingerprint density at radius 3 is 2.63 bits per heavy atom. The minimum absolute atomic E-state index is 0. The number of hydrogen-bond donors (Lipinski definition) is 3. The normalized spacial score (nSPS) is 13.7. The topological polar surface area (TPSA) is 65.5 Å². The van der Waals surface area contributed by atoms with Crippen LogP contribution >= 0.6 is 24.0 Å². The second kappa shape index (κ2) is 12.5. The van der Waals surface area contributed by atoms with Crippen molar-refractivity contribution in [2.24, 2.45) is 10.9 Å². The zero-order valence-corrected chi connectivity index (χ0v) is 19.6. The van der Waals surface area contributed by atoms with Gasteiger partial charge in [-0.1, -0.05) is 36.8 Å². The number of halogens is 2. The number of hydrogen-bond acceptors (Lipinski definition) is 2. The smallest absolute Gasteiger partial charge is 0.227 e. The number of aliphatic imine (C=N–C) groups is 1. The van der Waals surface area contributed by atoms with E-state index in [0.29, 0.717) is 31.0 Å². The highest BCUT2D eigenvalue weighted by Crippen LogP contribution is 2.27. The maximum absolute atomic E-state index is 13.7. The SMILES string of the molecule is CCNC(=NCc1cccc(NC(=O)C2CCC2)c1)NCCc1ccccc1F.I. The molecule has 3 rings (SSSR count). The molecule has 1 saturated carbocycles. The van der Waals surface area contributed by atoms with Crippen LogP contribution in [0.2, 0.25) is 0 Å². The molecule has 0 atom stereocenters. The largest absolute Gasteiger partial charge is 0.357 e. The lowest BCUT2D eigenvalue weighted by atomic mass is 9.85. The maximum atomic E-state index is 13.7. The molecule has 2 aromatic carbocycles. The number of anilines is 1. The Balaban J connectivity index is 0.00000320. The van der Waals surface area contributed by atoms with E-state index in [1.54, 1.807) is 12.1 Å². The zero-order valence-electron chi connectivity index (χ0n) is 17.3. The first-order chi connectivity index (χ1) is 14.2. The van der Waals surface area contributed by atoms with Gasteiger partial charge in [-0.3, -0.25) is 4.79 Å². The van der Waals surface area contributed by atoms with Crippen LogP contribution in [0.1, 0.15) is 37.3 Å². The monoisotopic (exact) mass is 524 g/mol. The van der Waals surface area contributed by atoms with Crippen molar-refractivity contribution in [3.8, 4) is 0 Å². The van der Waals surface area contributed by atoms with Crippen molar-refractivity contribution >= 4 is 41.5 Å². The standard InChI is InChI=1S/C23H29FN4O.HI/c1-2-25-23(26-14-13-18-8-3-4-12-21(18)24)27-16-17-7-5-11-20(15-17)28-22(29)19-9-6-10-19;/h3-5,7-8,11-12,15,19H,2,6,9-10,13-14,16H2,1H3,(H,28,29)(H2,25,26,27);1H. The van der Waals surface area contributed by atoms with Crippen molar-refractivity contribution in [2.45, 2.75) is 39.2 Å². The van der Waals surface area contributed by atoms with Crippen molar-refractivity contribution in [3.05, 3.63) is 65.5 Å². The first-order valence-corrected chi connectivity index (χ1v) is 10.3. The number of nitrogens with zero attached hydrogens (tertiary/aromatic N) is 1. The second-order valence-corrected chi connectivity index (χ2v) is 7.28. The number of benzene rings is 2. The Labute approximate surface area is 195 Å². The van der Waals surface area contributed by atoms with Gasteiger partial charge in [0.05, 0.1) is 6.54 Å². The third-order valence-electron chi connectivity index (χ3n) is 5.08. The van der Waals surface area contributed by atoms with Crippen LogP contribution in [-0.2, 0) is 17.8 Å². The van der Waals surface area contributed by atoms with Gasteiger partial charge in [-0.25, -0.2) is 9.38 Å². The fraction of sp³-hybridized carbons (Fsp3) is 0.391. The molecule has 1 fully saturated rings. The Hall–Kier alpha value is -2.16. The van der Waals surface area contributed by atoms with Crippen LogP contribution in [0.5, 0.6) is 0 Å². The van der Waals surface area contributed by atoms with Crippen molar-refractivity contribution in [3.63, 3.8) is 0 Å². The first kappa shape index (κ1) is 24.1. The summed E-state index contributed by atoms with van der Waals surface area (Å²) in [5.41, 5.74) is 2.51. The fourth-order valence-corrected chi connectivity index (χ4v) is 3.19. The van der Waals surface area contributed by atoms with Gasteiger partial charge >= 0.3 is 0 Å². The molecule has 3 N–H and O–H groups in total. The predicted molar refractivity (Wildman–Crippen MR) is 131 cm³/mol. The summed E-state index contributed by atoms with van der Waals surface area (Å²) >= 11 is 0. The third-order valence-corrected chi connectivity index (χ3v) is 5.08. The third kappa shape index (κ3) is 7.27. The quantitative estimate of drug-likeness (QED) is 0.271. The van der Waals surface area contributed by atoms with Crippen LogP contribution < -0.4 is 16.0 Å². The Morgan fingerprint density at radius 2 is 1.93 bits per heavy atom. The number of carbonyl (C=O) groups is 1. The van der Waals surface area contributed by atoms with Crippen molar-refractivity contribution in [1.29, 1.82) is 0 Å². The summed E-state index contributed by atoms with van der Waals surface area (Å²) < 4.78 is 13.7. The lowest BCUT2D eigenvalue weighted by Crippen LogP contribution is -2.38. The van der Waals surface area contributed by atoms with Crippen molar-refractivity contribution in [1.82, 2.24) is 10.6 Å². The molecule has 162 valence electrons. The summed E-state index contributed by atoms with van der Waals surface area (Å²) in [5, 5.41) is 9.45. The van der Waals surface area contributed by atoms with Crippen LogP contribution in [0, 0.1) is 11.7 Å². The highest BCUT2D eigenvalue weighted by Gasteiger charge is 2.25. The highest BCUT2D eigenvalue weighted by atomic mass is 127. The molecular formula is C23H30FIN4O. The Bertz CT molecular complexity index is 855. The van der Waals surface area contributed by atoms with Crippen molar-refractivity contribution < 1.29 is 9.18 Å². The van der Waals surface area contributed by atoms with E-state index in [4.69, 9.17) is 0 Å². The second-order valence-electron chi connectivity index (χ2n) is 7.28. The fourth-order valence-electron chi connectivity index (χ4n) is 3.19. The molecule has 30 heavy (non-hydrogen) atoms. The van der Waals surface area contributed by atoms with E-state index in [2.05, 4.69) is 20.9 Å².